The molecule has 2 aromatic rings. The third-order valence-electron chi connectivity index (χ3n) is 4.13. The lowest BCUT2D eigenvalue weighted by Gasteiger charge is -2.31. The van der Waals surface area contributed by atoms with E-state index in [4.69, 9.17) is 9.47 Å². The second-order valence-corrected chi connectivity index (χ2v) is 6.01. The van der Waals surface area contributed by atoms with Crippen LogP contribution in [-0.4, -0.2) is 51.5 Å². The van der Waals surface area contributed by atoms with Gasteiger partial charge in [-0.25, -0.2) is 4.79 Å². The van der Waals surface area contributed by atoms with E-state index in [9.17, 15) is 4.79 Å². The number of para-hydroxylation sites is 2. The van der Waals surface area contributed by atoms with Gasteiger partial charge >= 0.3 is 6.03 Å². The predicted octanol–water partition coefficient (Wildman–Crippen LogP) is 1.75. The van der Waals surface area contributed by atoms with Crippen LogP contribution in [-0.2, 0) is 7.05 Å². The van der Waals surface area contributed by atoms with Gasteiger partial charge < -0.3 is 24.3 Å². The Balaban J connectivity index is 1.59. The van der Waals surface area contributed by atoms with Crippen molar-refractivity contribution in [1.82, 2.24) is 25.0 Å². The summed E-state index contributed by atoms with van der Waals surface area (Å²) in [6.07, 6.45) is 1.41. The molecule has 2 amide bonds. The Kier molecular flexibility index (Phi) is 5.06. The lowest BCUT2D eigenvalue weighted by Crippen LogP contribution is -2.48. The van der Waals surface area contributed by atoms with E-state index in [2.05, 4.69) is 15.5 Å². The summed E-state index contributed by atoms with van der Waals surface area (Å²) >= 11 is 0. The third kappa shape index (κ3) is 3.84. The topological polar surface area (TPSA) is 81.5 Å². The van der Waals surface area contributed by atoms with Crippen LogP contribution in [0.15, 0.2) is 30.6 Å². The predicted molar refractivity (Wildman–Crippen MR) is 91.5 cm³/mol. The molecule has 1 aromatic carbocycles. The number of carbonyl (C=O) groups excluding carboxylic acids is 1. The van der Waals surface area contributed by atoms with Crippen LogP contribution in [0.25, 0.3) is 0 Å². The molecule has 25 heavy (non-hydrogen) atoms. The fraction of sp³-hybridized carbons (Fsp3) is 0.471. The summed E-state index contributed by atoms with van der Waals surface area (Å²) in [5, 5.41) is 10.8. The first-order valence-electron chi connectivity index (χ1n) is 8.36. The number of carbonyl (C=O) groups is 1. The molecule has 8 nitrogen and oxygen atoms in total. The van der Waals surface area contributed by atoms with Crippen LogP contribution >= 0.6 is 0 Å². The maximum Gasteiger partial charge on any atom is 0.318 e. The number of rotatable bonds is 5. The summed E-state index contributed by atoms with van der Waals surface area (Å²) in [5.41, 5.74) is 0. The Labute approximate surface area is 146 Å². The lowest BCUT2D eigenvalue weighted by atomic mass is 10.2. The molecule has 0 saturated heterocycles. The van der Waals surface area contributed by atoms with Gasteiger partial charge in [0, 0.05) is 13.6 Å². The summed E-state index contributed by atoms with van der Waals surface area (Å²) in [6.45, 7) is 5.25. The second kappa shape index (κ2) is 7.42. The monoisotopic (exact) mass is 345 g/mol. The smallest absolute Gasteiger partial charge is 0.318 e. The van der Waals surface area contributed by atoms with Crippen LogP contribution in [0, 0.1) is 0 Å². The highest BCUT2D eigenvalue weighted by molar-refractivity contribution is 5.74. The standard InChI is InChI=1S/C17H23N5O3/c1-4-22(17(23)19-12(2)16-20-18-11-21(16)3)9-13-10-24-14-7-5-6-8-15(14)25-13/h5-8,11-13H,4,9-10H2,1-3H3,(H,19,23)/t12-,13-/m0/s1. The molecule has 0 radical (unpaired) electrons. The molecule has 0 bridgehead atoms. The number of hydrogen-bond donors (Lipinski definition) is 1. The Morgan fingerprint density at radius 1 is 1.44 bits per heavy atom. The molecule has 1 aliphatic rings. The van der Waals surface area contributed by atoms with Gasteiger partial charge in [0.25, 0.3) is 0 Å². The van der Waals surface area contributed by atoms with Crippen molar-refractivity contribution in [3.05, 3.63) is 36.4 Å². The van der Waals surface area contributed by atoms with Gasteiger partial charge in [-0.1, -0.05) is 12.1 Å². The maximum absolute atomic E-state index is 12.6. The van der Waals surface area contributed by atoms with Gasteiger partial charge in [0.05, 0.1) is 12.6 Å². The summed E-state index contributed by atoms with van der Waals surface area (Å²) < 4.78 is 13.4. The average Bonchev–Trinajstić information content (AvgIpc) is 3.05. The molecule has 1 N–H and O–H groups in total. The lowest BCUT2D eigenvalue weighted by molar-refractivity contribution is 0.0671. The number of fused-ring (bicyclic) bond motifs is 1. The Bertz CT molecular complexity index is 733. The number of amides is 2. The summed E-state index contributed by atoms with van der Waals surface area (Å²) in [6, 6.07) is 7.14. The van der Waals surface area contributed by atoms with Crippen molar-refractivity contribution < 1.29 is 14.3 Å². The third-order valence-corrected chi connectivity index (χ3v) is 4.13. The van der Waals surface area contributed by atoms with Crippen molar-refractivity contribution in [3.8, 4) is 11.5 Å². The molecule has 2 atom stereocenters. The van der Waals surface area contributed by atoms with Crippen molar-refractivity contribution >= 4 is 6.03 Å². The van der Waals surface area contributed by atoms with Gasteiger partial charge in [-0.15, -0.1) is 10.2 Å². The maximum atomic E-state index is 12.6. The number of nitrogens with zero attached hydrogens (tertiary/aromatic N) is 4. The molecule has 0 saturated carbocycles. The number of aryl methyl sites for hydroxylation is 1. The van der Waals surface area contributed by atoms with Crippen LogP contribution in [0.4, 0.5) is 4.79 Å². The summed E-state index contributed by atoms with van der Waals surface area (Å²) in [5.74, 6) is 2.15. The first-order chi connectivity index (χ1) is 12.1. The normalized spacial score (nSPS) is 17.0. The molecule has 1 aliphatic heterocycles. The van der Waals surface area contributed by atoms with Crippen LogP contribution in [0.2, 0.25) is 0 Å². The van der Waals surface area contributed by atoms with E-state index < -0.39 is 0 Å². The second-order valence-electron chi connectivity index (χ2n) is 6.01. The van der Waals surface area contributed by atoms with Gasteiger partial charge in [-0.05, 0) is 26.0 Å². The van der Waals surface area contributed by atoms with Crippen molar-refractivity contribution in [3.63, 3.8) is 0 Å². The van der Waals surface area contributed by atoms with Crippen LogP contribution < -0.4 is 14.8 Å². The highest BCUT2D eigenvalue weighted by Crippen LogP contribution is 2.31. The minimum Gasteiger partial charge on any atom is -0.486 e. The van der Waals surface area contributed by atoms with Gasteiger partial charge in [-0.3, -0.25) is 0 Å². The number of urea groups is 1. The number of benzene rings is 1. The average molecular weight is 345 g/mol. The first kappa shape index (κ1) is 17.1. The van der Waals surface area contributed by atoms with E-state index in [1.807, 2.05) is 45.2 Å². The molecule has 0 aliphatic carbocycles. The minimum absolute atomic E-state index is 0.166. The van der Waals surface area contributed by atoms with E-state index >= 15 is 0 Å². The SMILES string of the molecule is CCN(C[C@H]1COc2ccccc2O1)C(=O)N[C@@H](C)c1nncn1C. The molecule has 1 aromatic heterocycles. The van der Waals surface area contributed by atoms with Gasteiger partial charge in [0.2, 0.25) is 0 Å². The molecule has 134 valence electrons. The molecule has 2 heterocycles. The molecule has 3 rings (SSSR count). The van der Waals surface area contributed by atoms with Crippen molar-refractivity contribution in [2.45, 2.75) is 26.0 Å². The Morgan fingerprint density at radius 2 is 2.20 bits per heavy atom. The largest absolute Gasteiger partial charge is 0.486 e. The molecule has 0 fully saturated rings. The highest BCUT2D eigenvalue weighted by atomic mass is 16.6. The zero-order chi connectivity index (χ0) is 17.8. The molecule has 0 spiro atoms. The number of hydrogen-bond acceptors (Lipinski definition) is 5. The Hall–Kier alpha value is -2.77. The minimum atomic E-state index is -0.238. The van der Waals surface area contributed by atoms with Gasteiger partial charge in [0.1, 0.15) is 12.9 Å². The van der Waals surface area contributed by atoms with Crippen molar-refractivity contribution in [2.75, 3.05) is 19.7 Å². The number of ether oxygens (including phenoxy) is 2. The van der Waals surface area contributed by atoms with E-state index in [1.54, 1.807) is 15.8 Å². The fourth-order valence-electron chi connectivity index (χ4n) is 2.78. The number of nitrogens with one attached hydrogen (secondary N) is 1. The molecular weight excluding hydrogens is 322 g/mol. The van der Waals surface area contributed by atoms with E-state index in [1.165, 1.54) is 0 Å². The van der Waals surface area contributed by atoms with Crippen LogP contribution in [0.3, 0.4) is 0 Å². The number of aromatic nitrogens is 3. The van der Waals surface area contributed by atoms with E-state index in [-0.39, 0.29) is 18.2 Å². The van der Waals surface area contributed by atoms with E-state index in [0.29, 0.717) is 31.3 Å². The molecular formula is C17H23N5O3. The van der Waals surface area contributed by atoms with Crippen LogP contribution in [0.5, 0.6) is 11.5 Å². The number of likely N-dealkylation sites (N-methyl/N-ethyl adjacent to an activating group) is 1. The quantitative estimate of drug-likeness (QED) is 0.893. The zero-order valence-electron chi connectivity index (χ0n) is 14.7. The van der Waals surface area contributed by atoms with Crippen molar-refractivity contribution in [2.24, 2.45) is 7.05 Å². The zero-order valence-corrected chi connectivity index (χ0v) is 14.7. The molecule has 8 heteroatoms. The van der Waals surface area contributed by atoms with Gasteiger partial charge in [0.15, 0.2) is 23.4 Å². The van der Waals surface area contributed by atoms with E-state index in [0.717, 1.165) is 5.75 Å². The van der Waals surface area contributed by atoms with Gasteiger partial charge in [-0.2, -0.15) is 0 Å². The van der Waals surface area contributed by atoms with Crippen molar-refractivity contribution in [1.29, 1.82) is 0 Å². The Morgan fingerprint density at radius 3 is 2.88 bits per heavy atom. The fourth-order valence-corrected chi connectivity index (χ4v) is 2.78. The highest BCUT2D eigenvalue weighted by Gasteiger charge is 2.26. The summed E-state index contributed by atoms with van der Waals surface area (Å²) in [4.78, 5) is 14.3. The molecule has 0 unspecified atom stereocenters. The summed E-state index contributed by atoms with van der Waals surface area (Å²) in [7, 11) is 1.85. The first-order valence-corrected chi connectivity index (χ1v) is 8.36. The van der Waals surface area contributed by atoms with Crippen LogP contribution in [0.1, 0.15) is 25.7 Å².